The van der Waals surface area contributed by atoms with E-state index in [0.717, 1.165) is 25.9 Å². The standard InChI is InChI=1S/C5H9INO2.W/c6-8-9-7-4-2-1-3-5-7;/h1H,2-5H2;/q-1;. The first-order chi connectivity index (χ1) is 4.43. The zero-order valence-electron chi connectivity index (χ0n) is 5.46. The van der Waals surface area contributed by atoms with Gasteiger partial charge in [0.2, 0.25) is 0 Å². The molecule has 0 amide bonds. The third-order valence-corrected chi connectivity index (χ3v) is 1.46. The monoisotopic (exact) mass is 426 g/mol. The Morgan fingerprint density at radius 1 is 1.30 bits per heavy atom. The van der Waals surface area contributed by atoms with E-state index in [-0.39, 0.29) is 21.1 Å². The molecule has 0 radical (unpaired) electrons. The van der Waals surface area contributed by atoms with Crippen molar-refractivity contribution in [2.24, 2.45) is 0 Å². The Bertz CT molecular complexity index is 77.3. The van der Waals surface area contributed by atoms with Gasteiger partial charge in [-0.25, -0.2) is 0 Å². The number of piperidine rings is 1. The predicted octanol–water partition coefficient (Wildman–Crippen LogP) is 1.50. The van der Waals surface area contributed by atoms with Crippen molar-refractivity contribution < 1.29 is 29.3 Å². The van der Waals surface area contributed by atoms with Crippen LogP contribution in [0, 0.1) is 6.42 Å². The fourth-order valence-electron chi connectivity index (χ4n) is 0.841. The fraction of sp³-hybridized carbons (Fsp3) is 0.800. The Labute approximate surface area is 89.3 Å². The zero-order chi connectivity index (χ0) is 6.53. The number of hydrogen-bond acceptors (Lipinski definition) is 3. The summed E-state index contributed by atoms with van der Waals surface area (Å²) in [7, 11) is 0. The number of nitrogens with zero attached hydrogens (tertiary/aromatic N) is 1. The minimum atomic E-state index is 0. The van der Waals surface area contributed by atoms with E-state index >= 15 is 0 Å². The van der Waals surface area contributed by atoms with Crippen LogP contribution >= 0.6 is 23.0 Å². The summed E-state index contributed by atoms with van der Waals surface area (Å²) in [6.45, 7) is 1.89. The number of rotatable bonds is 2. The van der Waals surface area contributed by atoms with Gasteiger partial charge in [-0.3, -0.25) is 0 Å². The zero-order valence-corrected chi connectivity index (χ0v) is 10.5. The second-order valence-corrected chi connectivity index (χ2v) is 2.29. The maximum absolute atomic E-state index is 4.78. The molecule has 3 nitrogen and oxygen atoms in total. The van der Waals surface area contributed by atoms with E-state index in [1.165, 1.54) is 0 Å². The van der Waals surface area contributed by atoms with Crippen molar-refractivity contribution in [1.82, 2.24) is 5.06 Å². The largest absolute Gasteiger partial charge is 0.326 e. The molecule has 0 N–H and O–H groups in total. The molecule has 0 saturated carbocycles. The van der Waals surface area contributed by atoms with Crippen molar-refractivity contribution in [3.05, 3.63) is 6.42 Å². The topological polar surface area (TPSA) is 21.7 Å². The number of halogens is 1. The Hall–Kier alpha value is 1.30. The van der Waals surface area contributed by atoms with Gasteiger partial charge in [0.05, 0.1) is 0 Å². The van der Waals surface area contributed by atoms with E-state index in [1.807, 2.05) is 5.06 Å². The van der Waals surface area contributed by atoms with Crippen molar-refractivity contribution in [1.29, 1.82) is 0 Å². The summed E-state index contributed by atoms with van der Waals surface area (Å²) in [5.41, 5.74) is 0. The van der Waals surface area contributed by atoms with Gasteiger partial charge in [0.15, 0.2) is 23.0 Å². The second kappa shape index (κ2) is 6.98. The molecule has 0 unspecified atom stereocenters. The van der Waals surface area contributed by atoms with Crippen LogP contribution < -0.4 is 0 Å². The first kappa shape index (κ1) is 11.3. The van der Waals surface area contributed by atoms with Crippen LogP contribution in [0.15, 0.2) is 0 Å². The maximum Gasteiger partial charge on any atom is 0.157 e. The molecule has 1 rings (SSSR count). The molecular weight excluding hydrogens is 417 g/mol. The van der Waals surface area contributed by atoms with E-state index in [2.05, 4.69) is 9.64 Å². The van der Waals surface area contributed by atoms with Gasteiger partial charge in [0, 0.05) is 21.1 Å². The van der Waals surface area contributed by atoms with Gasteiger partial charge in [-0.1, -0.05) is 0 Å². The minimum absolute atomic E-state index is 0. The summed E-state index contributed by atoms with van der Waals surface area (Å²) >= 11 is 1.72. The maximum atomic E-state index is 4.78. The quantitative estimate of drug-likeness (QED) is 0.290. The molecule has 1 saturated heterocycles. The first-order valence-corrected chi connectivity index (χ1v) is 3.83. The summed E-state index contributed by atoms with van der Waals surface area (Å²) in [6, 6.07) is 0. The van der Waals surface area contributed by atoms with E-state index < -0.39 is 0 Å². The molecule has 1 fully saturated rings. The fourth-order valence-corrected chi connectivity index (χ4v) is 1.07. The average Bonchev–Trinajstić information content (AvgIpc) is 1.91. The molecule has 0 aromatic carbocycles. The Kier molecular flexibility index (Phi) is 7.88. The van der Waals surface area contributed by atoms with Gasteiger partial charge in [-0.15, -0.1) is 8.21 Å². The Morgan fingerprint density at radius 3 is 2.40 bits per heavy atom. The Morgan fingerprint density at radius 2 is 1.90 bits per heavy atom. The van der Waals surface area contributed by atoms with Crippen molar-refractivity contribution in [2.75, 3.05) is 13.1 Å². The summed E-state index contributed by atoms with van der Waals surface area (Å²) in [5, 5.41) is 1.81. The van der Waals surface area contributed by atoms with Gasteiger partial charge in [0.25, 0.3) is 0 Å². The number of hydroxylamine groups is 2. The first-order valence-electron chi connectivity index (χ1n) is 2.95. The smallest absolute Gasteiger partial charge is 0.157 e. The van der Waals surface area contributed by atoms with E-state index in [1.54, 1.807) is 23.0 Å². The molecular formula is C5H9INO2W-. The molecule has 0 atom stereocenters. The molecule has 0 aliphatic carbocycles. The van der Waals surface area contributed by atoms with Crippen LogP contribution in [-0.4, -0.2) is 18.2 Å². The molecule has 10 heavy (non-hydrogen) atoms. The summed E-state index contributed by atoms with van der Waals surface area (Å²) < 4.78 is 4.46. The molecule has 1 aliphatic rings. The third kappa shape index (κ3) is 4.23. The van der Waals surface area contributed by atoms with Crippen molar-refractivity contribution in [2.45, 2.75) is 12.8 Å². The minimum Gasteiger partial charge on any atom is -0.326 e. The number of hydrogen-bond donors (Lipinski definition) is 0. The van der Waals surface area contributed by atoms with Crippen LogP contribution in [0.5, 0.6) is 0 Å². The van der Waals surface area contributed by atoms with Crippen LogP contribution in [0.2, 0.25) is 0 Å². The van der Waals surface area contributed by atoms with Gasteiger partial charge in [0.1, 0.15) is 0 Å². The second-order valence-electron chi connectivity index (χ2n) is 1.93. The molecule has 1 aliphatic heterocycles. The van der Waals surface area contributed by atoms with E-state index in [0.29, 0.717) is 0 Å². The molecule has 5 heteroatoms. The molecule has 60 valence electrons. The average molecular weight is 426 g/mol. The molecule has 0 spiro atoms. The third-order valence-electron chi connectivity index (χ3n) is 1.30. The molecule has 0 aromatic heterocycles. The summed E-state index contributed by atoms with van der Waals surface area (Å²) in [4.78, 5) is 4.78. The van der Waals surface area contributed by atoms with Crippen molar-refractivity contribution >= 4 is 23.0 Å². The van der Waals surface area contributed by atoms with Crippen LogP contribution in [0.3, 0.4) is 0 Å². The molecule has 1 heterocycles. The van der Waals surface area contributed by atoms with Gasteiger partial charge >= 0.3 is 0 Å². The predicted molar refractivity (Wildman–Crippen MR) is 41.3 cm³/mol. The van der Waals surface area contributed by atoms with Crippen molar-refractivity contribution in [3.8, 4) is 0 Å². The van der Waals surface area contributed by atoms with E-state index in [4.69, 9.17) is 4.99 Å². The van der Waals surface area contributed by atoms with Crippen LogP contribution in [0.25, 0.3) is 0 Å². The molecule has 0 bridgehead atoms. The SMILES string of the molecule is IOON1CC[CH-]CC1.[W]. The molecule has 0 aromatic rings. The van der Waals surface area contributed by atoms with Gasteiger partial charge in [-0.05, 0) is 13.1 Å². The van der Waals surface area contributed by atoms with Gasteiger partial charge in [-0.2, -0.15) is 17.9 Å². The van der Waals surface area contributed by atoms with Crippen molar-refractivity contribution in [3.63, 3.8) is 0 Å². The van der Waals surface area contributed by atoms with Crippen LogP contribution in [-0.2, 0) is 29.3 Å². The van der Waals surface area contributed by atoms with Crippen LogP contribution in [0.1, 0.15) is 12.8 Å². The summed E-state index contributed by atoms with van der Waals surface area (Å²) in [5.74, 6) is 0. The van der Waals surface area contributed by atoms with Gasteiger partial charge < -0.3 is 6.42 Å². The summed E-state index contributed by atoms with van der Waals surface area (Å²) in [6.07, 6.45) is 4.45. The van der Waals surface area contributed by atoms with E-state index in [9.17, 15) is 0 Å². The van der Waals surface area contributed by atoms with Crippen LogP contribution in [0.4, 0.5) is 0 Å². The Balaban J connectivity index is 0.000000810. The normalized spacial score (nSPS) is 20.1.